The van der Waals surface area contributed by atoms with Crippen LogP contribution in [0, 0.1) is 11.8 Å². The summed E-state index contributed by atoms with van der Waals surface area (Å²) in [5.41, 5.74) is 1.58. The molecule has 2 aliphatic rings. The molecule has 2 atom stereocenters. The third-order valence-electron chi connectivity index (χ3n) is 4.23. The molecule has 3 rings (SSSR count). The first-order chi connectivity index (χ1) is 8.09. The van der Waals surface area contributed by atoms with E-state index in [1.807, 2.05) is 0 Å². The molecule has 0 saturated carbocycles. The van der Waals surface area contributed by atoms with Crippen molar-refractivity contribution in [2.24, 2.45) is 11.8 Å². The fraction of sp³-hybridized carbons (Fsp3) is 0.571. The molecule has 1 aromatic heterocycles. The Balaban J connectivity index is 2.16. The quantitative estimate of drug-likeness (QED) is 0.747. The van der Waals surface area contributed by atoms with Gasteiger partial charge >= 0.3 is 0 Å². The minimum atomic E-state index is 0.0553. The maximum atomic E-state index is 12.0. The van der Waals surface area contributed by atoms with Crippen molar-refractivity contribution in [1.29, 1.82) is 0 Å². The Labute approximate surface area is 100 Å². The Bertz CT molecular complexity index is 482. The second-order valence-corrected chi connectivity index (χ2v) is 5.50. The molecular formula is C14H16O3. The van der Waals surface area contributed by atoms with Crippen LogP contribution in [0.25, 0.3) is 0 Å². The number of hydrogen-bond acceptors (Lipinski definition) is 3. The largest absolute Gasteiger partial charge is 0.460 e. The highest BCUT2D eigenvalue weighted by Gasteiger charge is 2.42. The minimum absolute atomic E-state index is 0.0553. The summed E-state index contributed by atoms with van der Waals surface area (Å²) in [5.74, 6) is 1.82. The Morgan fingerprint density at radius 3 is 2.76 bits per heavy atom. The van der Waals surface area contributed by atoms with Gasteiger partial charge in [-0.1, -0.05) is 13.8 Å². The third kappa shape index (κ3) is 1.41. The minimum Gasteiger partial charge on any atom is -0.460 e. The first kappa shape index (κ1) is 10.8. The fourth-order valence-electron chi connectivity index (χ4n) is 3.31. The second kappa shape index (κ2) is 3.56. The van der Waals surface area contributed by atoms with E-state index in [1.165, 1.54) is 6.26 Å². The average Bonchev–Trinajstić information content (AvgIpc) is 2.72. The van der Waals surface area contributed by atoms with Crippen LogP contribution in [0.2, 0.25) is 0 Å². The number of carbonyl (C=O) groups is 2. The molecule has 0 unspecified atom stereocenters. The number of carbonyl (C=O) groups excluding carboxylic acids is 2. The van der Waals surface area contributed by atoms with Crippen molar-refractivity contribution in [2.75, 3.05) is 0 Å². The molecule has 3 nitrogen and oxygen atoms in total. The van der Waals surface area contributed by atoms with Crippen molar-refractivity contribution in [3.8, 4) is 0 Å². The Kier molecular flexibility index (Phi) is 2.25. The summed E-state index contributed by atoms with van der Waals surface area (Å²) in [4.78, 5) is 23.8. The lowest BCUT2D eigenvalue weighted by Gasteiger charge is -2.35. The highest BCUT2D eigenvalue weighted by atomic mass is 16.3. The molecule has 3 heteroatoms. The van der Waals surface area contributed by atoms with Crippen molar-refractivity contribution in [1.82, 2.24) is 0 Å². The van der Waals surface area contributed by atoms with Crippen LogP contribution in [-0.2, 0) is 0 Å². The number of hydrogen-bond donors (Lipinski definition) is 0. The fourth-order valence-corrected chi connectivity index (χ4v) is 3.31. The predicted octanol–water partition coefficient (Wildman–Crippen LogP) is 3.20. The smallest absolute Gasteiger partial charge is 0.198 e. The molecule has 0 bridgehead atoms. The predicted molar refractivity (Wildman–Crippen MR) is 62.3 cm³/mol. The van der Waals surface area contributed by atoms with Gasteiger partial charge in [0.15, 0.2) is 17.3 Å². The van der Waals surface area contributed by atoms with Gasteiger partial charge < -0.3 is 4.42 Å². The van der Waals surface area contributed by atoms with Gasteiger partial charge in [-0.25, -0.2) is 0 Å². The first-order valence-electron chi connectivity index (χ1n) is 6.27. The van der Waals surface area contributed by atoms with Crippen LogP contribution in [0.1, 0.15) is 65.5 Å². The van der Waals surface area contributed by atoms with Gasteiger partial charge in [-0.05, 0) is 24.2 Å². The van der Waals surface area contributed by atoms with Gasteiger partial charge in [-0.3, -0.25) is 9.59 Å². The summed E-state index contributed by atoms with van der Waals surface area (Å²) < 4.78 is 5.33. The lowest BCUT2D eigenvalue weighted by atomic mass is 9.66. The van der Waals surface area contributed by atoms with Crippen LogP contribution in [0.4, 0.5) is 0 Å². The van der Waals surface area contributed by atoms with E-state index in [1.54, 1.807) is 0 Å². The van der Waals surface area contributed by atoms with Gasteiger partial charge in [0.25, 0.3) is 0 Å². The van der Waals surface area contributed by atoms with Crippen LogP contribution >= 0.6 is 0 Å². The number of furan rings is 1. The molecule has 0 saturated heterocycles. The van der Waals surface area contributed by atoms with Gasteiger partial charge in [0.05, 0.1) is 5.56 Å². The molecule has 1 heterocycles. The van der Waals surface area contributed by atoms with E-state index in [0.29, 0.717) is 41.9 Å². The van der Waals surface area contributed by atoms with Gasteiger partial charge in [0, 0.05) is 18.4 Å². The number of Topliss-reactive ketones (excluding diaryl/α,β-unsaturated/α-hetero) is 2. The summed E-state index contributed by atoms with van der Waals surface area (Å²) in [5, 5.41) is 0. The molecule has 0 fully saturated rings. The third-order valence-corrected chi connectivity index (χ3v) is 4.23. The van der Waals surface area contributed by atoms with Crippen LogP contribution < -0.4 is 0 Å². The first-order valence-corrected chi connectivity index (χ1v) is 6.27. The topological polar surface area (TPSA) is 47.3 Å². The van der Waals surface area contributed by atoms with E-state index in [2.05, 4.69) is 13.8 Å². The lowest BCUT2D eigenvalue weighted by molar-refractivity contribution is 0.0884. The monoisotopic (exact) mass is 232 g/mol. The summed E-state index contributed by atoms with van der Waals surface area (Å²) in [6, 6.07) is 0. The van der Waals surface area contributed by atoms with Gasteiger partial charge in [-0.2, -0.15) is 0 Å². The van der Waals surface area contributed by atoms with E-state index in [0.717, 1.165) is 12.0 Å². The Morgan fingerprint density at radius 1 is 1.29 bits per heavy atom. The zero-order valence-corrected chi connectivity index (χ0v) is 10.2. The van der Waals surface area contributed by atoms with Crippen LogP contribution in [-0.4, -0.2) is 11.6 Å². The Morgan fingerprint density at radius 2 is 2.06 bits per heavy atom. The summed E-state index contributed by atoms with van der Waals surface area (Å²) in [6.45, 7) is 4.30. The van der Waals surface area contributed by atoms with Crippen molar-refractivity contribution < 1.29 is 14.0 Å². The number of rotatable bonds is 1. The Hall–Kier alpha value is -1.38. The van der Waals surface area contributed by atoms with Crippen LogP contribution in [0.15, 0.2) is 10.7 Å². The molecule has 90 valence electrons. The van der Waals surface area contributed by atoms with E-state index in [-0.39, 0.29) is 11.6 Å². The van der Waals surface area contributed by atoms with Crippen LogP contribution in [0.5, 0.6) is 0 Å². The van der Waals surface area contributed by atoms with E-state index in [9.17, 15) is 9.59 Å². The van der Waals surface area contributed by atoms with Crippen molar-refractivity contribution in [2.45, 2.75) is 39.0 Å². The molecule has 0 spiro atoms. The molecular weight excluding hydrogens is 216 g/mol. The molecule has 0 N–H and O–H groups in total. The zero-order valence-electron chi connectivity index (χ0n) is 10.2. The number of ketones is 2. The lowest BCUT2D eigenvalue weighted by Crippen LogP contribution is -2.31. The molecule has 17 heavy (non-hydrogen) atoms. The average molecular weight is 232 g/mol. The standard InChI is InChI=1S/C14H16O3/c1-7(2)9-5-12(16)10-6-17-14-11(15)4-3-8(9)13(10)14/h6-9H,3-5H2,1-2H3/t8-,9-/m1/s1. The summed E-state index contributed by atoms with van der Waals surface area (Å²) in [7, 11) is 0. The van der Waals surface area contributed by atoms with E-state index >= 15 is 0 Å². The second-order valence-electron chi connectivity index (χ2n) is 5.50. The highest BCUT2D eigenvalue weighted by Crippen LogP contribution is 2.47. The maximum Gasteiger partial charge on any atom is 0.198 e. The van der Waals surface area contributed by atoms with Gasteiger partial charge in [0.1, 0.15) is 6.26 Å². The molecule has 2 aliphatic carbocycles. The van der Waals surface area contributed by atoms with Crippen molar-refractivity contribution in [3.05, 3.63) is 23.2 Å². The summed E-state index contributed by atoms with van der Waals surface area (Å²) >= 11 is 0. The normalized spacial score (nSPS) is 27.5. The van der Waals surface area contributed by atoms with E-state index < -0.39 is 0 Å². The van der Waals surface area contributed by atoms with Gasteiger partial charge in [0.2, 0.25) is 0 Å². The van der Waals surface area contributed by atoms with E-state index in [4.69, 9.17) is 4.42 Å². The molecule has 0 radical (unpaired) electrons. The summed E-state index contributed by atoms with van der Waals surface area (Å²) in [6.07, 6.45) is 3.51. The maximum absolute atomic E-state index is 12.0. The zero-order chi connectivity index (χ0) is 12.2. The SMILES string of the molecule is CC(C)[C@H]1CC(=O)c2coc3c2[C@@H]1CCC3=O. The molecule has 1 aromatic rings. The molecule has 0 aliphatic heterocycles. The van der Waals surface area contributed by atoms with Crippen LogP contribution in [0.3, 0.4) is 0 Å². The molecule has 0 aromatic carbocycles. The van der Waals surface area contributed by atoms with Crippen molar-refractivity contribution >= 4 is 11.6 Å². The highest BCUT2D eigenvalue weighted by molar-refractivity contribution is 6.04. The van der Waals surface area contributed by atoms with Gasteiger partial charge in [-0.15, -0.1) is 0 Å². The molecule has 0 amide bonds. The van der Waals surface area contributed by atoms with Crippen molar-refractivity contribution in [3.63, 3.8) is 0 Å².